The molecule has 1 saturated heterocycles. The first kappa shape index (κ1) is 17.7. The molecule has 4 nitrogen and oxygen atoms in total. The van der Waals surface area contributed by atoms with Crippen molar-refractivity contribution in [3.63, 3.8) is 0 Å². The van der Waals surface area contributed by atoms with E-state index in [4.69, 9.17) is 0 Å². The van der Waals surface area contributed by atoms with Crippen LogP contribution in [0, 0.1) is 11.6 Å². The van der Waals surface area contributed by atoms with E-state index in [2.05, 4.69) is 9.62 Å². The van der Waals surface area contributed by atoms with E-state index in [1.165, 1.54) is 42.8 Å². The number of nitrogens with one attached hydrogen (secondary N) is 1. The van der Waals surface area contributed by atoms with Crippen molar-refractivity contribution < 1.29 is 17.2 Å². The van der Waals surface area contributed by atoms with Crippen LogP contribution in [-0.4, -0.2) is 21.5 Å². The molecule has 0 bridgehead atoms. The number of hydrogen-bond acceptors (Lipinski definition) is 3. The molecule has 1 aliphatic rings. The van der Waals surface area contributed by atoms with Crippen molar-refractivity contribution in [3.05, 3.63) is 59.7 Å². The molecule has 1 fully saturated rings. The summed E-state index contributed by atoms with van der Waals surface area (Å²) in [6.45, 7) is 1.76. The van der Waals surface area contributed by atoms with Crippen LogP contribution in [0.3, 0.4) is 0 Å². The van der Waals surface area contributed by atoms with Gasteiger partial charge in [0.1, 0.15) is 11.6 Å². The first-order chi connectivity index (χ1) is 11.9. The van der Waals surface area contributed by atoms with Crippen molar-refractivity contribution >= 4 is 21.4 Å². The average molecular weight is 366 g/mol. The van der Waals surface area contributed by atoms with Crippen molar-refractivity contribution in [1.82, 2.24) is 0 Å². The van der Waals surface area contributed by atoms with Crippen molar-refractivity contribution in [2.24, 2.45) is 0 Å². The lowest BCUT2D eigenvalue weighted by Crippen LogP contribution is -2.29. The summed E-state index contributed by atoms with van der Waals surface area (Å²) in [5, 5.41) is 0. The quantitative estimate of drug-likeness (QED) is 0.873. The van der Waals surface area contributed by atoms with Crippen LogP contribution in [0.5, 0.6) is 0 Å². The van der Waals surface area contributed by atoms with Gasteiger partial charge in [0.15, 0.2) is 0 Å². The number of sulfonamides is 1. The second-order valence-electron chi connectivity index (χ2n) is 6.20. The van der Waals surface area contributed by atoms with Crippen LogP contribution in [0.25, 0.3) is 0 Å². The Bertz CT molecular complexity index is 833. The molecule has 25 heavy (non-hydrogen) atoms. The maximum absolute atomic E-state index is 14.1. The molecule has 134 valence electrons. The van der Waals surface area contributed by atoms with Gasteiger partial charge in [-0.1, -0.05) is 12.1 Å². The summed E-state index contributed by atoms with van der Waals surface area (Å²) in [6, 6.07) is 9.66. The second-order valence-corrected chi connectivity index (χ2v) is 7.92. The average Bonchev–Trinajstić information content (AvgIpc) is 2.59. The summed E-state index contributed by atoms with van der Waals surface area (Å²) in [5.41, 5.74) is 1.17. The van der Waals surface area contributed by atoms with E-state index in [0.717, 1.165) is 31.6 Å². The molecular formula is C18H20F2N2O2S. The Morgan fingerprint density at radius 3 is 2.32 bits per heavy atom. The standard InChI is InChI=1S/C18H20F2N2O2S/c19-15-6-4-14(5-7-15)13-25(23,24)21-18-12-16(8-9-17(18)20)22-10-2-1-3-11-22/h4-9,12,21H,1-3,10-11,13H2. The highest BCUT2D eigenvalue weighted by molar-refractivity contribution is 7.91. The van der Waals surface area contributed by atoms with E-state index in [0.29, 0.717) is 5.56 Å². The first-order valence-corrected chi connectivity index (χ1v) is 9.88. The molecule has 0 saturated carbocycles. The van der Waals surface area contributed by atoms with Crippen LogP contribution in [0.4, 0.5) is 20.2 Å². The van der Waals surface area contributed by atoms with E-state index >= 15 is 0 Å². The van der Waals surface area contributed by atoms with Crippen LogP contribution in [0.15, 0.2) is 42.5 Å². The molecule has 0 amide bonds. The summed E-state index contributed by atoms with van der Waals surface area (Å²) in [4.78, 5) is 2.13. The minimum atomic E-state index is -3.80. The lowest BCUT2D eigenvalue weighted by Gasteiger charge is -2.29. The third-order valence-electron chi connectivity index (χ3n) is 4.21. The molecule has 0 aromatic heterocycles. The van der Waals surface area contributed by atoms with Gasteiger partial charge in [-0.3, -0.25) is 4.72 Å². The van der Waals surface area contributed by atoms with Crippen LogP contribution in [0.2, 0.25) is 0 Å². The van der Waals surface area contributed by atoms with Gasteiger partial charge in [0.05, 0.1) is 11.4 Å². The third kappa shape index (κ3) is 4.69. The van der Waals surface area contributed by atoms with Gasteiger partial charge in [-0.2, -0.15) is 0 Å². The normalized spacial score (nSPS) is 15.2. The van der Waals surface area contributed by atoms with Crippen LogP contribution < -0.4 is 9.62 Å². The number of anilines is 2. The number of halogens is 2. The minimum Gasteiger partial charge on any atom is -0.371 e. The molecule has 0 unspecified atom stereocenters. The van der Waals surface area contributed by atoms with Crippen molar-refractivity contribution in [3.8, 4) is 0 Å². The van der Waals surface area contributed by atoms with E-state index in [9.17, 15) is 17.2 Å². The Balaban J connectivity index is 1.77. The van der Waals surface area contributed by atoms with Crippen molar-refractivity contribution in [2.45, 2.75) is 25.0 Å². The summed E-state index contributed by atoms with van der Waals surface area (Å²) in [5.74, 6) is -1.40. The van der Waals surface area contributed by atoms with E-state index < -0.39 is 21.7 Å². The predicted molar refractivity (Wildman–Crippen MR) is 95.1 cm³/mol. The molecule has 0 spiro atoms. The fraction of sp³-hybridized carbons (Fsp3) is 0.333. The van der Waals surface area contributed by atoms with Gasteiger partial charge < -0.3 is 4.90 Å². The largest absolute Gasteiger partial charge is 0.371 e. The number of nitrogens with zero attached hydrogens (tertiary/aromatic N) is 1. The highest BCUT2D eigenvalue weighted by Gasteiger charge is 2.17. The zero-order valence-electron chi connectivity index (χ0n) is 13.7. The summed E-state index contributed by atoms with van der Waals surface area (Å²) >= 11 is 0. The second kappa shape index (κ2) is 7.39. The topological polar surface area (TPSA) is 49.4 Å². The Morgan fingerprint density at radius 1 is 0.960 bits per heavy atom. The van der Waals surface area contributed by atoms with Gasteiger partial charge in [0, 0.05) is 18.8 Å². The highest BCUT2D eigenvalue weighted by Crippen LogP contribution is 2.26. The molecule has 3 rings (SSSR count). The van der Waals surface area contributed by atoms with Crippen LogP contribution in [0.1, 0.15) is 24.8 Å². The summed E-state index contributed by atoms with van der Waals surface area (Å²) in [6.07, 6.45) is 3.32. The van der Waals surface area contributed by atoms with Gasteiger partial charge in [-0.15, -0.1) is 0 Å². The molecule has 0 aliphatic carbocycles. The number of benzene rings is 2. The molecule has 1 aliphatic heterocycles. The summed E-state index contributed by atoms with van der Waals surface area (Å²) in [7, 11) is -3.80. The van der Waals surface area contributed by atoms with Gasteiger partial charge in [0.25, 0.3) is 0 Å². The smallest absolute Gasteiger partial charge is 0.237 e. The summed E-state index contributed by atoms with van der Waals surface area (Å²) < 4.78 is 53.9. The molecule has 7 heteroatoms. The van der Waals surface area contributed by atoms with E-state index in [1.807, 2.05) is 0 Å². The van der Waals surface area contributed by atoms with E-state index in [-0.39, 0.29) is 11.4 Å². The first-order valence-electron chi connectivity index (χ1n) is 8.22. The molecule has 1 N–H and O–H groups in total. The Hall–Kier alpha value is -2.15. The lowest BCUT2D eigenvalue weighted by atomic mass is 10.1. The number of rotatable bonds is 5. The lowest BCUT2D eigenvalue weighted by molar-refractivity contribution is 0.576. The van der Waals surface area contributed by atoms with Gasteiger partial charge in [-0.05, 0) is 55.2 Å². The molecule has 0 radical (unpaired) electrons. The number of hydrogen-bond donors (Lipinski definition) is 1. The maximum atomic E-state index is 14.1. The molecule has 0 atom stereocenters. The molecule has 2 aromatic carbocycles. The van der Waals surface area contributed by atoms with Crippen molar-refractivity contribution in [1.29, 1.82) is 0 Å². The monoisotopic (exact) mass is 366 g/mol. The minimum absolute atomic E-state index is 0.0646. The Kier molecular flexibility index (Phi) is 5.22. The zero-order valence-corrected chi connectivity index (χ0v) is 14.5. The number of piperidine rings is 1. The Labute approximate surface area is 146 Å². The zero-order chi connectivity index (χ0) is 17.9. The van der Waals surface area contributed by atoms with Gasteiger partial charge in [0.2, 0.25) is 10.0 Å². The fourth-order valence-electron chi connectivity index (χ4n) is 2.94. The SMILES string of the molecule is O=S(=O)(Cc1ccc(F)cc1)Nc1cc(N2CCCCC2)ccc1F. The predicted octanol–water partition coefficient (Wildman–Crippen LogP) is 3.90. The van der Waals surface area contributed by atoms with Gasteiger partial charge in [-0.25, -0.2) is 17.2 Å². The highest BCUT2D eigenvalue weighted by atomic mass is 32.2. The third-order valence-corrected chi connectivity index (χ3v) is 5.45. The Morgan fingerprint density at radius 2 is 1.64 bits per heavy atom. The fourth-order valence-corrected chi connectivity index (χ4v) is 4.14. The molecule has 2 aromatic rings. The van der Waals surface area contributed by atoms with Crippen molar-refractivity contribution in [2.75, 3.05) is 22.7 Å². The van der Waals surface area contributed by atoms with E-state index in [1.54, 1.807) is 6.07 Å². The maximum Gasteiger partial charge on any atom is 0.237 e. The molecular weight excluding hydrogens is 346 g/mol. The molecule has 1 heterocycles. The van der Waals surface area contributed by atoms with Crippen LogP contribution >= 0.6 is 0 Å². The van der Waals surface area contributed by atoms with Crippen LogP contribution in [-0.2, 0) is 15.8 Å². The van der Waals surface area contributed by atoms with Gasteiger partial charge >= 0.3 is 0 Å².